The van der Waals surface area contributed by atoms with Crippen LogP contribution in [0.1, 0.15) is 77.4 Å². The SMILES string of the molecule is CC(=O)Nc1nc(CCc2ccc(NC(OC(N)=O)(OC(=O)NC(C)(C)C)C(C)(C)C)cc2)c(CN2CCC(C(N)=O)CC2)s1. The number of aromatic nitrogens is 1. The highest BCUT2D eigenvalue weighted by Crippen LogP contribution is 2.37. The van der Waals surface area contributed by atoms with E-state index in [9.17, 15) is 19.2 Å². The van der Waals surface area contributed by atoms with Crippen LogP contribution in [0.3, 0.4) is 0 Å². The van der Waals surface area contributed by atoms with E-state index in [4.69, 9.17) is 25.9 Å². The van der Waals surface area contributed by atoms with Gasteiger partial charge in [0.05, 0.1) is 11.1 Å². The molecule has 7 N–H and O–H groups in total. The number of ether oxygens (including phenoxy) is 2. The number of benzene rings is 1. The first kappa shape index (κ1) is 35.6. The van der Waals surface area contributed by atoms with Crippen molar-refractivity contribution < 1.29 is 28.7 Å². The monoisotopic (exact) mass is 645 g/mol. The van der Waals surface area contributed by atoms with Gasteiger partial charge in [0.1, 0.15) is 0 Å². The van der Waals surface area contributed by atoms with E-state index < -0.39 is 29.1 Å². The zero-order valence-corrected chi connectivity index (χ0v) is 28.1. The van der Waals surface area contributed by atoms with Crippen molar-refractivity contribution in [2.24, 2.45) is 22.8 Å². The number of carbonyl (C=O) groups excluding carboxylic acids is 4. The van der Waals surface area contributed by atoms with Crippen LogP contribution in [-0.2, 0) is 38.4 Å². The van der Waals surface area contributed by atoms with Gasteiger partial charge in [0, 0.05) is 35.5 Å². The van der Waals surface area contributed by atoms with Gasteiger partial charge in [0.2, 0.25) is 11.8 Å². The highest BCUT2D eigenvalue weighted by Gasteiger charge is 2.50. The third-order valence-electron chi connectivity index (χ3n) is 7.28. The number of carbonyl (C=O) groups is 4. The summed E-state index contributed by atoms with van der Waals surface area (Å²) in [6.07, 6.45) is 0.895. The van der Waals surface area contributed by atoms with Crippen molar-refractivity contribution in [1.82, 2.24) is 15.2 Å². The standard InChI is InChI=1S/C31H47N7O6S/c1-19(39)34-27-35-23(24(45-27)18-38-16-14-21(15-17-38)25(32)40)13-10-20-8-11-22(12-9-20)36-31(29(2,3)4,43-26(33)41)44-28(42)37-30(5,6)7/h8-9,11-12,21,36H,10,13-18H2,1-7H3,(H2,32,40)(H2,33,41)(H,37,42)(H,34,35,39). The summed E-state index contributed by atoms with van der Waals surface area (Å²) in [6.45, 7) is 14.3. The Kier molecular flexibility index (Phi) is 11.4. The number of anilines is 2. The molecule has 1 aliphatic rings. The number of likely N-dealkylation sites (tertiary alicyclic amines) is 1. The molecule has 1 saturated heterocycles. The minimum atomic E-state index is -1.91. The number of piperidine rings is 1. The summed E-state index contributed by atoms with van der Waals surface area (Å²) in [6, 6.07) is 7.45. The molecule has 2 heterocycles. The van der Waals surface area contributed by atoms with Crippen molar-refractivity contribution in [3.05, 3.63) is 40.4 Å². The molecule has 3 rings (SSSR count). The Morgan fingerprint density at radius 1 is 0.978 bits per heavy atom. The summed E-state index contributed by atoms with van der Waals surface area (Å²) >= 11 is 1.46. The molecular formula is C31H47N7O6S. The van der Waals surface area contributed by atoms with Gasteiger partial charge in [0.25, 0.3) is 0 Å². The number of amides is 4. The first-order chi connectivity index (χ1) is 20.9. The molecule has 0 saturated carbocycles. The maximum absolute atomic E-state index is 12.8. The van der Waals surface area contributed by atoms with Gasteiger partial charge >= 0.3 is 18.1 Å². The van der Waals surface area contributed by atoms with Gasteiger partial charge in [-0.3, -0.25) is 14.5 Å². The van der Waals surface area contributed by atoms with Crippen molar-refractivity contribution in [2.75, 3.05) is 23.7 Å². The third kappa shape index (κ3) is 10.6. The van der Waals surface area contributed by atoms with E-state index in [1.165, 1.54) is 18.3 Å². The Hall–Kier alpha value is -3.91. The van der Waals surface area contributed by atoms with Gasteiger partial charge in [-0.1, -0.05) is 32.9 Å². The van der Waals surface area contributed by atoms with Gasteiger partial charge in [-0.2, -0.15) is 0 Å². The smallest absolute Gasteiger partial charge is 0.387 e. The molecule has 1 unspecified atom stereocenters. The quantitative estimate of drug-likeness (QED) is 0.222. The number of alkyl carbamates (subject to hydrolysis) is 1. The zero-order chi connectivity index (χ0) is 33.6. The normalized spacial score (nSPS) is 15.9. The van der Waals surface area contributed by atoms with Crippen LogP contribution in [0.5, 0.6) is 0 Å². The average molecular weight is 646 g/mol. The highest BCUT2D eigenvalue weighted by molar-refractivity contribution is 7.15. The van der Waals surface area contributed by atoms with E-state index in [1.54, 1.807) is 53.7 Å². The van der Waals surface area contributed by atoms with Gasteiger partial charge in [-0.15, -0.1) is 11.3 Å². The second kappa shape index (κ2) is 14.5. The summed E-state index contributed by atoms with van der Waals surface area (Å²) in [4.78, 5) is 56.0. The highest BCUT2D eigenvalue weighted by atomic mass is 32.1. The van der Waals surface area contributed by atoms with E-state index in [2.05, 4.69) is 20.9 Å². The minimum Gasteiger partial charge on any atom is -0.387 e. The number of thiazole rings is 1. The van der Waals surface area contributed by atoms with Gasteiger partial charge in [-0.25, -0.2) is 14.6 Å². The first-order valence-corrected chi connectivity index (χ1v) is 15.8. The molecule has 1 aromatic heterocycles. The summed E-state index contributed by atoms with van der Waals surface area (Å²) in [5.41, 5.74) is 11.9. The summed E-state index contributed by atoms with van der Waals surface area (Å²) in [5, 5.41) is 9.15. The second-order valence-electron chi connectivity index (χ2n) is 13.4. The Labute approximate surface area is 268 Å². The molecule has 14 heteroatoms. The summed E-state index contributed by atoms with van der Waals surface area (Å²) in [5.74, 6) is -2.42. The molecular weight excluding hydrogens is 598 g/mol. The van der Waals surface area contributed by atoms with Crippen molar-refractivity contribution in [3.8, 4) is 0 Å². The summed E-state index contributed by atoms with van der Waals surface area (Å²) < 4.78 is 11.1. The van der Waals surface area contributed by atoms with E-state index in [0.29, 0.717) is 30.2 Å². The van der Waals surface area contributed by atoms with Crippen LogP contribution in [0.15, 0.2) is 24.3 Å². The molecule has 1 aliphatic heterocycles. The molecule has 4 amide bonds. The molecule has 0 radical (unpaired) electrons. The van der Waals surface area contributed by atoms with Crippen LogP contribution in [0, 0.1) is 11.3 Å². The van der Waals surface area contributed by atoms with Gasteiger partial charge < -0.3 is 36.9 Å². The molecule has 1 atom stereocenters. The van der Waals surface area contributed by atoms with Crippen LogP contribution in [0.25, 0.3) is 0 Å². The molecule has 0 aliphatic carbocycles. The van der Waals surface area contributed by atoms with E-state index in [1.807, 2.05) is 12.1 Å². The largest absolute Gasteiger partial charge is 0.412 e. The fourth-order valence-corrected chi connectivity index (χ4v) is 5.96. The number of nitrogens with two attached hydrogens (primary N) is 2. The Morgan fingerprint density at radius 3 is 2.11 bits per heavy atom. The number of nitrogens with zero attached hydrogens (tertiary/aromatic N) is 2. The van der Waals surface area contributed by atoms with E-state index >= 15 is 0 Å². The molecule has 45 heavy (non-hydrogen) atoms. The molecule has 2 aromatic rings. The molecule has 13 nitrogen and oxygen atoms in total. The Balaban J connectivity index is 1.75. The molecule has 1 aromatic carbocycles. The van der Waals surface area contributed by atoms with Crippen LogP contribution in [-0.4, -0.2) is 58.4 Å². The third-order valence-corrected chi connectivity index (χ3v) is 8.27. The summed E-state index contributed by atoms with van der Waals surface area (Å²) in [7, 11) is 0. The molecule has 0 spiro atoms. The Bertz CT molecular complexity index is 1360. The number of nitrogens with one attached hydrogen (secondary N) is 3. The van der Waals surface area contributed by atoms with Crippen LogP contribution >= 0.6 is 11.3 Å². The average Bonchev–Trinajstić information content (AvgIpc) is 3.26. The maximum Gasteiger partial charge on any atom is 0.412 e. The van der Waals surface area contributed by atoms with E-state index in [-0.39, 0.29) is 17.7 Å². The number of aryl methyl sites for hydroxylation is 2. The number of hydrogen-bond acceptors (Lipinski definition) is 10. The van der Waals surface area contributed by atoms with Crippen molar-refractivity contribution in [1.29, 1.82) is 0 Å². The zero-order valence-electron chi connectivity index (χ0n) is 27.2. The second-order valence-corrected chi connectivity index (χ2v) is 14.5. The lowest BCUT2D eigenvalue weighted by Crippen LogP contribution is -2.59. The topological polar surface area (TPSA) is 191 Å². The molecule has 1 fully saturated rings. The fourth-order valence-electron chi connectivity index (χ4n) is 4.86. The Morgan fingerprint density at radius 2 is 1.60 bits per heavy atom. The predicted octanol–water partition coefficient (Wildman–Crippen LogP) is 4.32. The lowest BCUT2D eigenvalue weighted by Gasteiger charge is -2.42. The number of rotatable bonds is 11. The lowest BCUT2D eigenvalue weighted by atomic mass is 9.90. The van der Waals surface area contributed by atoms with Gasteiger partial charge in [-0.05, 0) is 77.2 Å². The molecule has 248 valence electrons. The maximum atomic E-state index is 12.8. The van der Waals surface area contributed by atoms with Crippen LogP contribution in [0.2, 0.25) is 0 Å². The lowest BCUT2D eigenvalue weighted by molar-refractivity contribution is -0.202. The van der Waals surface area contributed by atoms with Crippen molar-refractivity contribution in [3.63, 3.8) is 0 Å². The molecule has 0 bridgehead atoms. The van der Waals surface area contributed by atoms with Crippen molar-refractivity contribution in [2.45, 2.75) is 92.1 Å². The first-order valence-electron chi connectivity index (χ1n) is 15.0. The minimum absolute atomic E-state index is 0.0855. The van der Waals surface area contributed by atoms with Crippen LogP contribution in [0.4, 0.5) is 20.4 Å². The van der Waals surface area contributed by atoms with Crippen LogP contribution < -0.4 is 27.4 Å². The number of hydrogen-bond donors (Lipinski definition) is 5. The van der Waals surface area contributed by atoms with Gasteiger partial charge in [0.15, 0.2) is 5.13 Å². The fraction of sp³-hybridized carbons (Fsp3) is 0.581. The van der Waals surface area contributed by atoms with E-state index in [0.717, 1.165) is 42.1 Å². The van der Waals surface area contributed by atoms with Crippen molar-refractivity contribution >= 4 is 46.2 Å². The predicted molar refractivity (Wildman–Crippen MR) is 173 cm³/mol. The number of primary amides is 2.